The van der Waals surface area contributed by atoms with Crippen LogP contribution in [0.3, 0.4) is 0 Å². The van der Waals surface area contributed by atoms with Gasteiger partial charge in [-0.2, -0.15) is 10.2 Å². The molecule has 0 aromatic carbocycles. The molecule has 11 nitrogen and oxygen atoms in total. The lowest BCUT2D eigenvalue weighted by Crippen LogP contribution is -2.24. The maximum absolute atomic E-state index is 12.3. The van der Waals surface area contributed by atoms with Crippen LogP contribution in [0.2, 0.25) is 0 Å². The van der Waals surface area contributed by atoms with Crippen molar-refractivity contribution in [3.63, 3.8) is 0 Å². The first-order valence-electron chi connectivity index (χ1n) is 7.56. The van der Waals surface area contributed by atoms with Crippen LogP contribution in [0, 0.1) is 24.0 Å². The molecule has 0 bridgehead atoms. The van der Waals surface area contributed by atoms with E-state index in [4.69, 9.17) is 0 Å². The topological polar surface area (TPSA) is 137 Å². The van der Waals surface area contributed by atoms with E-state index < -0.39 is 16.7 Å². The van der Waals surface area contributed by atoms with Gasteiger partial charge in [-0.1, -0.05) is 0 Å². The number of aryl methyl sites for hydroxylation is 2. The predicted molar refractivity (Wildman–Crippen MR) is 88.3 cm³/mol. The van der Waals surface area contributed by atoms with Crippen LogP contribution in [0.4, 0.5) is 11.4 Å². The van der Waals surface area contributed by atoms with Gasteiger partial charge >= 0.3 is 5.69 Å². The highest BCUT2D eigenvalue weighted by molar-refractivity contribution is 6.02. The molecule has 2 N–H and O–H groups in total. The van der Waals surface area contributed by atoms with E-state index in [1.165, 1.54) is 30.3 Å². The molecule has 0 radical (unpaired) electrons. The van der Waals surface area contributed by atoms with Crippen molar-refractivity contribution in [2.45, 2.75) is 33.9 Å². The van der Waals surface area contributed by atoms with Crippen molar-refractivity contribution >= 4 is 23.2 Å². The lowest BCUT2D eigenvalue weighted by atomic mass is 10.3. The predicted octanol–water partition coefficient (Wildman–Crippen LogP) is 0.623. The number of nitro groups is 1. The number of hydrogen-bond acceptors (Lipinski definition) is 6. The van der Waals surface area contributed by atoms with Gasteiger partial charge in [-0.05, 0) is 20.8 Å². The number of carbonyl (C=O) groups excluding carboxylic acids is 2. The maximum Gasteiger partial charge on any atom is 0.312 e. The Morgan fingerprint density at radius 3 is 2.52 bits per heavy atom. The van der Waals surface area contributed by atoms with Gasteiger partial charge in [0.15, 0.2) is 5.69 Å². The van der Waals surface area contributed by atoms with Gasteiger partial charge in [0.1, 0.15) is 17.9 Å². The van der Waals surface area contributed by atoms with Crippen molar-refractivity contribution in [3.8, 4) is 0 Å². The summed E-state index contributed by atoms with van der Waals surface area (Å²) in [6.45, 7) is 5.20. The normalized spacial score (nSPS) is 10.6. The monoisotopic (exact) mass is 349 g/mol. The smallest absolute Gasteiger partial charge is 0.312 e. The fourth-order valence-electron chi connectivity index (χ4n) is 2.39. The van der Waals surface area contributed by atoms with E-state index >= 15 is 0 Å². The Labute approximate surface area is 143 Å². The van der Waals surface area contributed by atoms with E-state index in [-0.39, 0.29) is 35.0 Å². The van der Waals surface area contributed by atoms with Gasteiger partial charge < -0.3 is 10.6 Å². The highest BCUT2D eigenvalue weighted by Crippen LogP contribution is 2.22. The lowest BCUT2D eigenvalue weighted by molar-refractivity contribution is -0.386. The van der Waals surface area contributed by atoms with Gasteiger partial charge in [0.05, 0.1) is 10.6 Å². The first kappa shape index (κ1) is 18.1. The number of hydrogen-bond donors (Lipinski definition) is 2. The number of nitrogens with one attached hydrogen (secondary N) is 2. The maximum atomic E-state index is 12.3. The number of amides is 2. The Hall–Kier alpha value is -3.24. The van der Waals surface area contributed by atoms with Gasteiger partial charge in [-0.15, -0.1) is 0 Å². The van der Waals surface area contributed by atoms with Crippen molar-refractivity contribution in [1.29, 1.82) is 0 Å². The third-order valence-electron chi connectivity index (χ3n) is 3.62. The molecule has 0 unspecified atom stereocenters. The van der Waals surface area contributed by atoms with E-state index in [1.807, 2.05) is 6.92 Å². The highest BCUT2D eigenvalue weighted by atomic mass is 16.6. The van der Waals surface area contributed by atoms with Crippen LogP contribution in [0.15, 0.2) is 6.20 Å². The van der Waals surface area contributed by atoms with Gasteiger partial charge in [-0.25, -0.2) is 0 Å². The van der Waals surface area contributed by atoms with Crippen molar-refractivity contribution in [3.05, 3.63) is 33.4 Å². The summed E-state index contributed by atoms with van der Waals surface area (Å²) in [5.74, 6) is -0.898. The molecule has 0 fully saturated rings. The summed E-state index contributed by atoms with van der Waals surface area (Å²) in [7, 11) is 1.47. The van der Waals surface area contributed by atoms with Gasteiger partial charge in [0.25, 0.3) is 5.91 Å². The second-order valence-electron chi connectivity index (χ2n) is 5.31. The zero-order valence-electron chi connectivity index (χ0n) is 14.4. The molecule has 0 aliphatic rings. The second-order valence-corrected chi connectivity index (χ2v) is 5.31. The van der Waals surface area contributed by atoms with Gasteiger partial charge in [-0.3, -0.25) is 29.1 Å². The standard InChI is InChI=1S/C14H19N7O4/c1-5-19-6-10(12(18-19)14(23)15-4)16-11(22)7-20-9(3)13(21(24)25)8(2)17-20/h6H,5,7H2,1-4H3,(H,15,23)(H,16,22). The Kier molecular flexibility index (Phi) is 5.15. The molecular weight excluding hydrogens is 330 g/mol. The molecule has 11 heteroatoms. The van der Waals surface area contributed by atoms with Crippen molar-refractivity contribution in [2.24, 2.45) is 0 Å². The fourth-order valence-corrected chi connectivity index (χ4v) is 2.39. The Bertz CT molecular complexity index is 837. The molecule has 2 aromatic heterocycles. The van der Waals surface area contributed by atoms with E-state index in [2.05, 4.69) is 20.8 Å². The van der Waals surface area contributed by atoms with E-state index in [9.17, 15) is 19.7 Å². The van der Waals surface area contributed by atoms with Crippen LogP contribution in [0.25, 0.3) is 0 Å². The SMILES string of the molecule is CCn1cc(NC(=O)Cn2nc(C)c([N+](=O)[O-])c2C)c(C(=O)NC)n1. The first-order valence-corrected chi connectivity index (χ1v) is 7.56. The molecule has 0 aliphatic carbocycles. The summed E-state index contributed by atoms with van der Waals surface area (Å²) in [6.07, 6.45) is 1.55. The molecular formula is C14H19N7O4. The number of anilines is 1. The third-order valence-corrected chi connectivity index (χ3v) is 3.62. The third kappa shape index (κ3) is 3.65. The van der Waals surface area contributed by atoms with E-state index in [1.54, 1.807) is 6.20 Å². The molecule has 0 spiro atoms. The minimum atomic E-state index is -0.527. The summed E-state index contributed by atoms with van der Waals surface area (Å²) >= 11 is 0. The summed E-state index contributed by atoms with van der Waals surface area (Å²) in [4.78, 5) is 34.6. The first-order chi connectivity index (χ1) is 11.8. The van der Waals surface area contributed by atoms with Crippen molar-refractivity contribution in [2.75, 3.05) is 12.4 Å². The summed E-state index contributed by atoms with van der Waals surface area (Å²) in [5.41, 5.74) is 0.769. The average Bonchev–Trinajstić information content (AvgIpc) is 3.07. The fraction of sp³-hybridized carbons (Fsp3) is 0.429. The molecule has 134 valence electrons. The summed E-state index contributed by atoms with van der Waals surface area (Å²) in [6, 6.07) is 0. The number of carbonyl (C=O) groups is 2. The quantitative estimate of drug-likeness (QED) is 0.579. The minimum absolute atomic E-state index is 0.0945. The van der Waals surface area contributed by atoms with Crippen molar-refractivity contribution in [1.82, 2.24) is 24.9 Å². The van der Waals surface area contributed by atoms with Gasteiger partial charge in [0, 0.05) is 19.8 Å². The van der Waals surface area contributed by atoms with Gasteiger partial charge in [0.2, 0.25) is 5.91 Å². The number of nitrogens with zero attached hydrogens (tertiary/aromatic N) is 5. The Balaban J connectivity index is 2.21. The van der Waals surface area contributed by atoms with E-state index in [0.29, 0.717) is 6.54 Å². The molecule has 25 heavy (non-hydrogen) atoms. The Morgan fingerprint density at radius 2 is 2.00 bits per heavy atom. The Morgan fingerprint density at radius 1 is 1.32 bits per heavy atom. The minimum Gasteiger partial charge on any atom is -0.354 e. The van der Waals surface area contributed by atoms with Crippen LogP contribution in [-0.4, -0.2) is 43.3 Å². The second kappa shape index (κ2) is 7.11. The van der Waals surface area contributed by atoms with E-state index in [0.717, 1.165) is 0 Å². The highest BCUT2D eigenvalue weighted by Gasteiger charge is 2.23. The molecule has 0 saturated heterocycles. The van der Waals surface area contributed by atoms with Crippen LogP contribution in [0.1, 0.15) is 28.8 Å². The molecule has 2 amide bonds. The lowest BCUT2D eigenvalue weighted by Gasteiger charge is -2.06. The zero-order chi connectivity index (χ0) is 18.7. The summed E-state index contributed by atoms with van der Waals surface area (Å²) in [5, 5.41) is 24.2. The van der Waals surface area contributed by atoms with Crippen molar-refractivity contribution < 1.29 is 14.5 Å². The molecule has 0 saturated carbocycles. The molecule has 2 rings (SSSR count). The van der Waals surface area contributed by atoms with Crippen LogP contribution in [0.5, 0.6) is 0 Å². The van der Waals surface area contributed by atoms with Crippen LogP contribution in [-0.2, 0) is 17.9 Å². The zero-order valence-corrected chi connectivity index (χ0v) is 14.4. The molecule has 2 heterocycles. The molecule has 0 atom stereocenters. The summed E-state index contributed by atoms with van der Waals surface area (Å²) < 4.78 is 2.78. The average molecular weight is 349 g/mol. The molecule has 0 aliphatic heterocycles. The van der Waals surface area contributed by atoms with Crippen LogP contribution >= 0.6 is 0 Å². The largest absolute Gasteiger partial charge is 0.354 e. The number of rotatable bonds is 6. The van der Waals surface area contributed by atoms with Crippen LogP contribution < -0.4 is 10.6 Å². The number of aromatic nitrogens is 4. The molecule has 2 aromatic rings.